The number of carbonyl (C=O) groups excluding carboxylic acids is 3. The van der Waals surface area contributed by atoms with Gasteiger partial charge in [-0.1, -0.05) is 17.7 Å². The predicted octanol–water partition coefficient (Wildman–Crippen LogP) is 0.811. The maximum absolute atomic E-state index is 12.2. The van der Waals surface area contributed by atoms with Crippen molar-refractivity contribution >= 4 is 23.7 Å². The van der Waals surface area contributed by atoms with E-state index in [1.54, 1.807) is 0 Å². The first-order valence-corrected chi connectivity index (χ1v) is 6.75. The number of amides is 5. The minimum absolute atomic E-state index is 0.183. The van der Waals surface area contributed by atoms with Crippen LogP contribution >= 0.6 is 0 Å². The van der Waals surface area contributed by atoms with Crippen molar-refractivity contribution in [2.24, 2.45) is 0 Å². The zero-order valence-corrected chi connectivity index (χ0v) is 11.6. The molecular weight excluding hydrogens is 272 g/mol. The summed E-state index contributed by atoms with van der Waals surface area (Å²) in [6.07, 6.45) is 0.423. The molecule has 2 aliphatic rings. The van der Waals surface area contributed by atoms with E-state index in [-0.39, 0.29) is 18.5 Å². The summed E-state index contributed by atoms with van der Waals surface area (Å²) in [7, 11) is 0. The first-order valence-electron chi connectivity index (χ1n) is 6.75. The van der Waals surface area contributed by atoms with E-state index >= 15 is 0 Å². The number of anilines is 1. The molecule has 1 atom stereocenters. The number of nitrogens with one attached hydrogen (secondary N) is 3. The van der Waals surface area contributed by atoms with Crippen molar-refractivity contribution < 1.29 is 14.4 Å². The Bertz CT molecular complexity index is 613. The molecule has 1 aromatic rings. The number of aryl methyl sites for hydroxylation is 1. The van der Waals surface area contributed by atoms with Crippen LogP contribution in [0.4, 0.5) is 15.3 Å². The van der Waals surface area contributed by atoms with E-state index in [4.69, 9.17) is 0 Å². The molecule has 0 saturated carbocycles. The number of benzene rings is 1. The standard InChI is InChI=1S/C14H16N4O3/c1-9-2-4-10(5-3-9)15-13(21)18-7-6-14(8-18)11(19)16-12(20)17-14/h2-5H,6-8H2,1H3,(H,15,21)(H2,16,17,19,20). The molecule has 3 rings (SSSR count). The SMILES string of the molecule is Cc1ccc(NC(=O)N2CCC3(C2)NC(=O)NC3=O)cc1. The average molecular weight is 288 g/mol. The van der Waals surface area contributed by atoms with Crippen LogP contribution in [0.15, 0.2) is 24.3 Å². The molecule has 0 aromatic heterocycles. The summed E-state index contributed by atoms with van der Waals surface area (Å²) in [6.45, 7) is 2.57. The Morgan fingerprint density at radius 2 is 2.00 bits per heavy atom. The number of urea groups is 2. The summed E-state index contributed by atoms with van der Waals surface area (Å²) in [5.41, 5.74) is 0.840. The molecule has 3 N–H and O–H groups in total. The molecule has 1 spiro atoms. The number of hydrogen-bond acceptors (Lipinski definition) is 3. The summed E-state index contributed by atoms with van der Waals surface area (Å²) in [4.78, 5) is 36.8. The predicted molar refractivity (Wildman–Crippen MR) is 75.8 cm³/mol. The second-order valence-electron chi connectivity index (χ2n) is 5.46. The Morgan fingerprint density at radius 1 is 1.29 bits per heavy atom. The number of likely N-dealkylation sites (tertiary alicyclic amines) is 1. The molecule has 7 nitrogen and oxygen atoms in total. The largest absolute Gasteiger partial charge is 0.322 e. The molecule has 2 aliphatic heterocycles. The van der Waals surface area contributed by atoms with Crippen LogP contribution in [0.2, 0.25) is 0 Å². The molecular formula is C14H16N4O3. The van der Waals surface area contributed by atoms with Crippen molar-refractivity contribution in [3.8, 4) is 0 Å². The van der Waals surface area contributed by atoms with Gasteiger partial charge in [0.2, 0.25) is 0 Å². The van der Waals surface area contributed by atoms with Gasteiger partial charge in [0.15, 0.2) is 0 Å². The van der Waals surface area contributed by atoms with Crippen molar-refractivity contribution in [3.05, 3.63) is 29.8 Å². The second kappa shape index (κ2) is 4.76. The maximum Gasteiger partial charge on any atom is 0.322 e. The van der Waals surface area contributed by atoms with Gasteiger partial charge >= 0.3 is 12.1 Å². The fourth-order valence-electron chi connectivity index (χ4n) is 2.64. The van der Waals surface area contributed by atoms with Crippen LogP contribution < -0.4 is 16.0 Å². The third-order valence-electron chi connectivity index (χ3n) is 3.87. The number of hydrogen-bond donors (Lipinski definition) is 3. The fourth-order valence-corrected chi connectivity index (χ4v) is 2.64. The number of carbonyl (C=O) groups is 3. The van der Waals surface area contributed by atoms with Gasteiger partial charge in [-0.25, -0.2) is 9.59 Å². The van der Waals surface area contributed by atoms with E-state index in [0.29, 0.717) is 18.7 Å². The lowest BCUT2D eigenvalue weighted by Crippen LogP contribution is -2.50. The topological polar surface area (TPSA) is 90.5 Å². The van der Waals surface area contributed by atoms with Crippen LogP contribution in [0.1, 0.15) is 12.0 Å². The van der Waals surface area contributed by atoms with Gasteiger partial charge in [-0.3, -0.25) is 10.1 Å². The van der Waals surface area contributed by atoms with Crippen molar-refractivity contribution in [1.82, 2.24) is 15.5 Å². The van der Waals surface area contributed by atoms with E-state index in [1.807, 2.05) is 31.2 Å². The lowest BCUT2D eigenvalue weighted by atomic mass is 10.00. The third-order valence-corrected chi connectivity index (χ3v) is 3.87. The highest BCUT2D eigenvalue weighted by molar-refractivity contribution is 6.08. The van der Waals surface area contributed by atoms with Gasteiger partial charge in [0.1, 0.15) is 5.54 Å². The maximum atomic E-state index is 12.2. The van der Waals surface area contributed by atoms with Gasteiger partial charge in [-0.2, -0.15) is 0 Å². The highest BCUT2D eigenvalue weighted by Crippen LogP contribution is 2.25. The lowest BCUT2D eigenvalue weighted by Gasteiger charge is -2.21. The van der Waals surface area contributed by atoms with Crippen molar-refractivity contribution in [3.63, 3.8) is 0 Å². The molecule has 7 heteroatoms. The zero-order chi connectivity index (χ0) is 15.0. The van der Waals surface area contributed by atoms with Crippen LogP contribution in [0.3, 0.4) is 0 Å². The monoisotopic (exact) mass is 288 g/mol. The summed E-state index contributed by atoms with van der Waals surface area (Å²) in [5, 5.41) is 7.62. The van der Waals surface area contributed by atoms with Gasteiger partial charge in [-0.15, -0.1) is 0 Å². The van der Waals surface area contributed by atoms with Gasteiger partial charge in [-0.05, 0) is 25.5 Å². The summed E-state index contributed by atoms with van der Waals surface area (Å²) in [5.74, 6) is -0.363. The number of nitrogens with zero attached hydrogens (tertiary/aromatic N) is 1. The molecule has 21 heavy (non-hydrogen) atoms. The van der Waals surface area contributed by atoms with Crippen LogP contribution in [0, 0.1) is 6.92 Å². The molecule has 2 heterocycles. The van der Waals surface area contributed by atoms with Gasteiger partial charge in [0.25, 0.3) is 5.91 Å². The minimum Gasteiger partial charge on any atom is -0.322 e. The highest BCUT2D eigenvalue weighted by atomic mass is 16.2. The fraction of sp³-hybridized carbons (Fsp3) is 0.357. The molecule has 0 bridgehead atoms. The van der Waals surface area contributed by atoms with Crippen LogP contribution in [-0.4, -0.2) is 41.5 Å². The number of imide groups is 1. The van der Waals surface area contributed by atoms with Crippen molar-refractivity contribution in [2.75, 3.05) is 18.4 Å². The Balaban J connectivity index is 1.66. The summed E-state index contributed by atoms with van der Waals surface area (Å²) in [6, 6.07) is 6.69. The molecule has 0 aliphatic carbocycles. The molecule has 110 valence electrons. The average Bonchev–Trinajstić information content (AvgIpc) is 2.97. The molecule has 5 amide bonds. The van der Waals surface area contributed by atoms with Crippen LogP contribution in [0.5, 0.6) is 0 Å². The Kier molecular flexibility index (Phi) is 3.04. The Labute approximate surface area is 121 Å². The quantitative estimate of drug-likeness (QED) is 0.668. The lowest BCUT2D eigenvalue weighted by molar-refractivity contribution is -0.123. The van der Waals surface area contributed by atoms with E-state index in [0.717, 1.165) is 5.56 Å². The number of rotatable bonds is 1. The smallest absolute Gasteiger partial charge is 0.322 e. The van der Waals surface area contributed by atoms with Gasteiger partial charge < -0.3 is 15.5 Å². The van der Waals surface area contributed by atoms with Crippen molar-refractivity contribution in [1.29, 1.82) is 0 Å². The van der Waals surface area contributed by atoms with Crippen LogP contribution in [0.25, 0.3) is 0 Å². The molecule has 1 aromatic carbocycles. The first kappa shape index (κ1) is 13.4. The van der Waals surface area contributed by atoms with Gasteiger partial charge in [0.05, 0.1) is 6.54 Å². The van der Waals surface area contributed by atoms with Crippen LogP contribution in [-0.2, 0) is 4.79 Å². The molecule has 0 radical (unpaired) electrons. The highest BCUT2D eigenvalue weighted by Gasteiger charge is 2.51. The third kappa shape index (κ3) is 2.42. The van der Waals surface area contributed by atoms with E-state index < -0.39 is 11.6 Å². The van der Waals surface area contributed by atoms with E-state index in [1.165, 1.54) is 4.90 Å². The molecule has 2 saturated heterocycles. The molecule has 2 fully saturated rings. The zero-order valence-electron chi connectivity index (χ0n) is 11.6. The molecule has 1 unspecified atom stereocenters. The first-order chi connectivity index (χ1) is 9.98. The Morgan fingerprint density at radius 3 is 2.62 bits per heavy atom. The normalized spacial score (nSPS) is 24.1. The summed E-state index contributed by atoms with van der Waals surface area (Å²) >= 11 is 0. The summed E-state index contributed by atoms with van der Waals surface area (Å²) < 4.78 is 0. The minimum atomic E-state index is -0.971. The van der Waals surface area contributed by atoms with E-state index in [2.05, 4.69) is 16.0 Å². The Hall–Kier alpha value is -2.57. The van der Waals surface area contributed by atoms with E-state index in [9.17, 15) is 14.4 Å². The second-order valence-corrected chi connectivity index (χ2v) is 5.46. The van der Waals surface area contributed by atoms with Gasteiger partial charge in [0, 0.05) is 12.2 Å². The van der Waals surface area contributed by atoms with Crippen molar-refractivity contribution in [2.45, 2.75) is 18.9 Å².